The summed E-state index contributed by atoms with van der Waals surface area (Å²) in [6, 6.07) is 0. The summed E-state index contributed by atoms with van der Waals surface area (Å²) in [6.07, 6.45) is -3.00. The van der Waals surface area contributed by atoms with E-state index in [1.807, 2.05) is 13.8 Å². The molecule has 0 aromatic carbocycles. The van der Waals surface area contributed by atoms with Crippen molar-refractivity contribution in [3.63, 3.8) is 0 Å². The summed E-state index contributed by atoms with van der Waals surface area (Å²) in [7, 11) is 0. The van der Waals surface area contributed by atoms with Crippen LogP contribution in [0, 0.1) is 11.8 Å². The molecule has 0 bridgehead atoms. The molecule has 2 heterocycles. The molecule has 3 N–H and O–H groups in total. The first kappa shape index (κ1) is 20.3. The van der Waals surface area contributed by atoms with Crippen LogP contribution in [0.15, 0.2) is 0 Å². The molecule has 0 saturated carbocycles. The van der Waals surface area contributed by atoms with Crippen molar-refractivity contribution in [2.24, 2.45) is 11.8 Å². The van der Waals surface area contributed by atoms with E-state index in [0.29, 0.717) is 12.8 Å². The number of hydrogen-bond acceptors (Lipinski definition) is 7. The van der Waals surface area contributed by atoms with Crippen LogP contribution >= 0.6 is 0 Å². The maximum absolute atomic E-state index is 12.8. The minimum absolute atomic E-state index is 0.0838. The molecule has 7 atom stereocenters. The number of ether oxygens (including phenoxy) is 2. The molecule has 7 heteroatoms. The van der Waals surface area contributed by atoms with Gasteiger partial charge in [-0.2, -0.15) is 0 Å². The van der Waals surface area contributed by atoms with Crippen LogP contribution in [0.25, 0.3) is 0 Å². The van der Waals surface area contributed by atoms with Crippen molar-refractivity contribution in [3.8, 4) is 0 Å². The number of esters is 1. The molecular weight excluding hydrogens is 328 g/mol. The van der Waals surface area contributed by atoms with E-state index in [9.17, 15) is 24.9 Å². The highest BCUT2D eigenvalue weighted by Crippen LogP contribution is 2.43. The van der Waals surface area contributed by atoms with Gasteiger partial charge in [-0.15, -0.1) is 0 Å². The Labute approximate surface area is 148 Å². The lowest BCUT2D eigenvalue weighted by Crippen LogP contribution is -2.42. The second kappa shape index (κ2) is 7.70. The molecule has 0 aromatic rings. The average molecular weight is 358 g/mol. The van der Waals surface area contributed by atoms with Gasteiger partial charge in [0.05, 0.1) is 36.8 Å². The Bertz CT molecular complexity index is 506. The number of aliphatic hydroxyl groups excluding tert-OH is 3. The summed E-state index contributed by atoms with van der Waals surface area (Å²) in [5, 5.41) is 29.4. The quantitative estimate of drug-likeness (QED) is 0.469. The minimum atomic E-state index is -1.13. The van der Waals surface area contributed by atoms with Crippen LogP contribution in [0.4, 0.5) is 0 Å². The van der Waals surface area contributed by atoms with Crippen LogP contribution in [-0.4, -0.2) is 63.2 Å². The summed E-state index contributed by atoms with van der Waals surface area (Å²) in [5.74, 6) is -1.29. The second-order valence-electron chi connectivity index (χ2n) is 7.86. The van der Waals surface area contributed by atoms with E-state index in [2.05, 4.69) is 0 Å². The molecule has 2 saturated heterocycles. The second-order valence-corrected chi connectivity index (χ2v) is 7.86. The van der Waals surface area contributed by atoms with E-state index in [4.69, 9.17) is 9.47 Å². The lowest BCUT2D eigenvalue weighted by atomic mass is 9.84. The summed E-state index contributed by atoms with van der Waals surface area (Å²) in [5.41, 5.74) is -0.970. The van der Waals surface area contributed by atoms with Gasteiger partial charge in [-0.1, -0.05) is 20.8 Å². The standard InChI is InChI=1S/C18H30O7/c1-9(2)12(20)7-15-18(4,25-15)17(23)10(3)14-6-5-11(19)13(21)8-16(22)24-14/h9-15,19-21H,5-8H2,1-4H3/t10-,11+,12-,13-,14+,15+,18+/m0/s1. The summed E-state index contributed by atoms with van der Waals surface area (Å²) >= 11 is 0. The number of aliphatic hydroxyl groups is 3. The van der Waals surface area contributed by atoms with E-state index in [-0.39, 0.29) is 30.6 Å². The lowest BCUT2D eigenvalue weighted by Gasteiger charge is -2.29. The van der Waals surface area contributed by atoms with Crippen molar-refractivity contribution in [2.45, 2.75) is 89.5 Å². The molecule has 0 aliphatic carbocycles. The number of hydrogen-bond donors (Lipinski definition) is 3. The van der Waals surface area contributed by atoms with Crippen molar-refractivity contribution < 1.29 is 34.4 Å². The molecule has 2 rings (SSSR count). The first-order valence-electron chi connectivity index (χ1n) is 9.02. The maximum atomic E-state index is 12.8. The summed E-state index contributed by atoms with van der Waals surface area (Å²) in [6.45, 7) is 7.20. The zero-order valence-corrected chi connectivity index (χ0v) is 15.3. The highest BCUT2D eigenvalue weighted by Gasteiger charge is 2.60. The third kappa shape index (κ3) is 4.58. The number of cyclic esters (lactones) is 1. The molecule has 7 nitrogen and oxygen atoms in total. The first-order chi connectivity index (χ1) is 11.6. The van der Waals surface area contributed by atoms with Gasteiger partial charge in [0, 0.05) is 6.42 Å². The number of Topliss-reactive ketones (excluding diaryl/α,β-unsaturated/α-hetero) is 1. The monoisotopic (exact) mass is 358 g/mol. The highest BCUT2D eigenvalue weighted by atomic mass is 16.6. The topological polar surface area (TPSA) is 117 Å². The normalized spacial score (nSPS) is 38.5. The zero-order valence-electron chi connectivity index (χ0n) is 15.3. The van der Waals surface area contributed by atoms with E-state index in [1.165, 1.54) is 0 Å². The van der Waals surface area contributed by atoms with Gasteiger partial charge in [-0.25, -0.2) is 0 Å². The predicted octanol–water partition coefficient (Wildman–Crippen LogP) is 0.574. The van der Waals surface area contributed by atoms with Gasteiger partial charge >= 0.3 is 5.97 Å². The van der Waals surface area contributed by atoms with Crippen LogP contribution < -0.4 is 0 Å². The molecule has 2 fully saturated rings. The van der Waals surface area contributed by atoms with Gasteiger partial charge in [-0.3, -0.25) is 9.59 Å². The van der Waals surface area contributed by atoms with Crippen molar-refractivity contribution in [1.82, 2.24) is 0 Å². The number of carbonyl (C=O) groups excluding carboxylic acids is 2. The van der Waals surface area contributed by atoms with Crippen LogP contribution in [0.2, 0.25) is 0 Å². The van der Waals surface area contributed by atoms with E-state index in [1.54, 1.807) is 13.8 Å². The first-order valence-corrected chi connectivity index (χ1v) is 9.02. The van der Waals surface area contributed by atoms with Gasteiger partial charge in [0.15, 0.2) is 11.4 Å². The fourth-order valence-electron chi connectivity index (χ4n) is 3.33. The van der Waals surface area contributed by atoms with Crippen LogP contribution in [0.3, 0.4) is 0 Å². The third-order valence-electron chi connectivity index (χ3n) is 5.48. The molecule has 0 amide bonds. The highest BCUT2D eigenvalue weighted by molar-refractivity contribution is 5.92. The number of ketones is 1. The Balaban J connectivity index is 1.98. The van der Waals surface area contributed by atoms with Crippen LogP contribution in [-0.2, 0) is 19.1 Å². The number of epoxide rings is 1. The molecule has 2 aliphatic heterocycles. The van der Waals surface area contributed by atoms with E-state index < -0.39 is 41.9 Å². The zero-order chi connectivity index (χ0) is 18.9. The van der Waals surface area contributed by atoms with Crippen LogP contribution in [0.5, 0.6) is 0 Å². The third-order valence-corrected chi connectivity index (χ3v) is 5.48. The summed E-state index contributed by atoms with van der Waals surface area (Å²) < 4.78 is 10.9. The Hall–Kier alpha value is -1.02. The maximum Gasteiger partial charge on any atom is 0.308 e. The minimum Gasteiger partial charge on any atom is -0.462 e. The Morgan fingerprint density at radius 3 is 2.48 bits per heavy atom. The SMILES string of the molecule is CC(C)[C@@H](O)C[C@H]1O[C@@]1(C)C(=O)[C@@H](C)[C@H]1CC[C@@H](O)[C@@H](O)CC(=O)O1. The molecule has 25 heavy (non-hydrogen) atoms. The van der Waals surface area contributed by atoms with Crippen molar-refractivity contribution in [2.75, 3.05) is 0 Å². The largest absolute Gasteiger partial charge is 0.462 e. The van der Waals surface area contributed by atoms with Crippen molar-refractivity contribution >= 4 is 11.8 Å². The molecular formula is C18H30O7. The van der Waals surface area contributed by atoms with Gasteiger partial charge in [-0.05, 0) is 25.7 Å². The smallest absolute Gasteiger partial charge is 0.308 e. The Morgan fingerprint density at radius 1 is 1.24 bits per heavy atom. The fourth-order valence-corrected chi connectivity index (χ4v) is 3.33. The molecule has 0 aromatic heterocycles. The molecule has 0 radical (unpaired) electrons. The summed E-state index contributed by atoms with van der Waals surface area (Å²) in [4.78, 5) is 24.6. The van der Waals surface area contributed by atoms with Crippen molar-refractivity contribution in [1.29, 1.82) is 0 Å². The van der Waals surface area contributed by atoms with Crippen LogP contribution in [0.1, 0.15) is 53.4 Å². The average Bonchev–Trinajstić information content (AvgIpc) is 3.19. The molecule has 0 spiro atoms. The number of rotatable bonds is 6. The van der Waals surface area contributed by atoms with Gasteiger partial charge in [0.2, 0.25) is 0 Å². The Kier molecular flexibility index (Phi) is 6.25. The number of carbonyl (C=O) groups is 2. The van der Waals surface area contributed by atoms with E-state index in [0.717, 1.165) is 0 Å². The van der Waals surface area contributed by atoms with Crippen molar-refractivity contribution in [3.05, 3.63) is 0 Å². The van der Waals surface area contributed by atoms with Gasteiger partial charge in [0.1, 0.15) is 6.10 Å². The molecule has 0 unspecified atom stereocenters. The van der Waals surface area contributed by atoms with Gasteiger partial charge in [0.25, 0.3) is 0 Å². The predicted molar refractivity (Wildman–Crippen MR) is 88.7 cm³/mol. The molecule has 2 aliphatic rings. The lowest BCUT2D eigenvalue weighted by molar-refractivity contribution is -0.161. The van der Waals surface area contributed by atoms with Gasteiger partial charge < -0.3 is 24.8 Å². The Morgan fingerprint density at radius 2 is 1.88 bits per heavy atom. The van der Waals surface area contributed by atoms with E-state index >= 15 is 0 Å². The fraction of sp³-hybridized carbons (Fsp3) is 0.889. The molecule has 144 valence electrons.